The molecule has 2 aromatic rings. The van der Waals surface area contributed by atoms with Gasteiger partial charge in [0.25, 0.3) is 0 Å². The van der Waals surface area contributed by atoms with Crippen molar-refractivity contribution in [2.45, 2.75) is 31.7 Å². The Kier molecular flexibility index (Phi) is 4.62. The third-order valence-corrected chi connectivity index (χ3v) is 6.49. The normalized spacial score (nSPS) is 28.3. The molecule has 3 aliphatic heterocycles. The van der Waals surface area contributed by atoms with Crippen molar-refractivity contribution in [3.63, 3.8) is 0 Å². The Morgan fingerprint density at radius 2 is 2.29 bits per heavy atom. The van der Waals surface area contributed by atoms with Crippen LogP contribution in [0.25, 0.3) is 0 Å². The van der Waals surface area contributed by atoms with Gasteiger partial charge in [0.2, 0.25) is 11.8 Å². The molecule has 8 nitrogen and oxygen atoms in total. The predicted molar refractivity (Wildman–Crippen MR) is 112 cm³/mol. The number of aromatic nitrogens is 2. The summed E-state index contributed by atoms with van der Waals surface area (Å²) in [5.41, 5.74) is 1.21. The molecule has 162 valence electrons. The molecule has 1 aromatic carbocycles. The van der Waals surface area contributed by atoms with E-state index in [0.29, 0.717) is 19.6 Å². The smallest absolute Gasteiger partial charge is 0.230 e. The quantitative estimate of drug-likeness (QED) is 0.716. The van der Waals surface area contributed by atoms with Gasteiger partial charge >= 0.3 is 0 Å². The summed E-state index contributed by atoms with van der Waals surface area (Å²) in [5.74, 6) is 0.333. The van der Waals surface area contributed by atoms with Crippen molar-refractivity contribution in [1.29, 1.82) is 0 Å². The number of benzene rings is 1. The van der Waals surface area contributed by atoms with Gasteiger partial charge in [-0.3, -0.25) is 9.59 Å². The van der Waals surface area contributed by atoms with E-state index in [2.05, 4.69) is 9.97 Å². The zero-order valence-electron chi connectivity index (χ0n) is 17.9. The molecular formula is C23H26N4O4. The van der Waals surface area contributed by atoms with Crippen LogP contribution < -0.4 is 4.74 Å². The lowest BCUT2D eigenvalue weighted by molar-refractivity contribution is -0.143. The average Bonchev–Trinajstić information content (AvgIpc) is 3.50. The number of aryl methyl sites for hydroxylation is 1. The molecule has 2 amide bonds. The van der Waals surface area contributed by atoms with Crippen LogP contribution in [0.15, 0.2) is 42.6 Å². The highest BCUT2D eigenvalue weighted by molar-refractivity contribution is 5.93. The topological polar surface area (TPSA) is 87.8 Å². The van der Waals surface area contributed by atoms with Gasteiger partial charge in [-0.2, -0.15) is 0 Å². The second-order valence-electron chi connectivity index (χ2n) is 8.65. The molecule has 0 saturated carbocycles. The van der Waals surface area contributed by atoms with Gasteiger partial charge in [0, 0.05) is 25.5 Å². The molecular weight excluding hydrogens is 396 g/mol. The first-order chi connectivity index (χ1) is 14.9. The molecule has 4 atom stereocenters. The number of imidazole rings is 1. The molecule has 0 unspecified atom stereocenters. The van der Waals surface area contributed by atoms with E-state index in [-0.39, 0.29) is 17.9 Å². The number of aromatic amines is 1. The molecule has 2 bridgehead atoms. The highest BCUT2D eigenvalue weighted by Crippen LogP contribution is 2.52. The molecule has 2 saturated heterocycles. The first kappa shape index (κ1) is 19.8. The second kappa shape index (κ2) is 7.23. The molecule has 1 N–H and O–H groups in total. The van der Waals surface area contributed by atoms with Crippen molar-refractivity contribution in [3.8, 4) is 5.75 Å². The number of rotatable bonds is 6. The van der Waals surface area contributed by atoms with Crippen LogP contribution in [-0.2, 0) is 27.4 Å². The monoisotopic (exact) mass is 422 g/mol. The molecule has 3 aliphatic rings. The van der Waals surface area contributed by atoms with Gasteiger partial charge in [0.15, 0.2) is 0 Å². The van der Waals surface area contributed by atoms with Crippen LogP contribution in [0.3, 0.4) is 0 Å². The number of likely N-dealkylation sites (tertiary alicyclic amines) is 1. The van der Waals surface area contributed by atoms with E-state index in [4.69, 9.17) is 9.47 Å². The van der Waals surface area contributed by atoms with Crippen LogP contribution in [0.1, 0.15) is 17.1 Å². The highest BCUT2D eigenvalue weighted by Gasteiger charge is 2.67. The van der Waals surface area contributed by atoms with E-state index >= 15 is 0 Å². The number of H-pyrrole nitrogens is 1. The minimum absolute atomic E-state index is 0.0322. The van der Waals surface area contributed by atoms with Gasteiger partial charge in [-0.15, -0.1) is 0 Å². The van der Waals surface area contributed by atoms with E-state index in [1.165, 1.54) is 0 Å². The van der Waals surface area contributed by atoms with Crippen LogP contribution in [0.2, 0.25) is 0 Å². The maximum Gasteiger partial charge on any atom is 0.230 e. The van der Waals surface area contributed by atoms with Crippen molar-refractivity contribution < 1.29 is 19.1 Å². The van der Waals surface area contributed by atoms with Gasteiger partial charge in [0.05, 0.1) is 38.1 Å². The summed E-state index contributed by atoms with van der Waals surface area (Å²) in [4.78, 5) is 37.6. The summed E-state index contributed by atoms with van der Waals surface area (Å²) in [6, 6.07) is 7.68. The van der Waals surface area contributed by atoms with E-state index in [0.717, 1.165) is 22.8 Å². The molecule has 0 radical (unpaired) electrons. The van der Waals surface area contributed by atoms with Gasteiger partial charge < -0.3 is 24.3 Å². The Morgan fingerprint density at radius 1 is 1.45 bits per heavy atom. The number of nitrogens with one attached hydrogen (secondary N) is 1. The van der Waals surface area contributed by atoms with E-state index in [1.807, 2.05) is 43.3 Å². The average molecular weight is 422 g/mol. The Balaban J connectivity index is 1.35. The minimum atomic E-state index is -0.719. The summed E-state index contributed by atoms with van der Waals surface area (Å²) in [7, 11) is 3.37. The largest absolute Gasteiger partial charge is 0.497 e. The molecule has 4 heterocycles. The van der Waals surface area contributed by atoms with E-state index in [1.54, 1.807) is 30.2 Å². The number of fused-ring (bicyclic) bond motifs is 1. The molecule has 5 rings (SSSR count). The molecule has 8 heteroatoms. The van der Waals surface area contributed by atoms with E-state index in [9.17, 15) is 9.59 Å². The number of carbonyl (C=O) groups is 2. The summed E-state index contributed by atoms with van der Waals surface area (Å²) in [6.07, 6.45) is 5.29. The molecule has 1 spiro atoms. The van der Waals surface area contributed by atoms with Gasteiger partial charge in [-0.1, -0.05) is 24.3 Å². The van der Waals surface area contributed by atoms with Crippen molar-refractivity contribution in [3.05, 3.63) is 59.7 Å². The maximum absolute atomic E-state index is 13.4. The fraction of sp³-hybridized carbons (Fsp3) is 0.435. The number of hydrogen-bond acceptors (Lipinski definition) is 5. The number of methoxy groups -OCH3 is 1. The first-order valence-corrected chi connectivity index (χ1v) is 10.4. The van der Waals surface area contributed by atoms with Crippen LogP contribution in [-0.4, -0.2) is 64.0 Å². The number of hydrogen-bond donors (Lipinski definition) is 1. The zero-order chi connectivity index (χ0) is 21.8. The van der Waals surface area contributed by atoms with Crippen LogP contribution >= 0.6 is 0 Å². The van der Waals surface area contributed by atoms with Gasteiger partial charge in [0.1, 0.15) is 17.2 Å². The molecule has 2 fully saturated rings. The summed E-state index contributed by atoms with van der Waals surface area (Å²) < 4.78 is 11.5. The van der Waals surface area contributed by atoms with Crippen molar-refractivity contribution in [2.75, 3.05) is 20.7 Å². The van der Waals surface area contributed by atoms with Crippen molar-refractivity contribution in [2.24, 2.45) is 11.8 Å². The third kappa shape index (κ3) is 3.22. The molecule has 31 heavy (non-hydrogen) atoms. The lowest BCUT2D eigenvalue weighted by Crippen LogP contribution is -2.44. The maximum atomic E-state index is 13.4. The van der Waals surface area contributed by atoms with Gasteiger partial charge in [-0.25, -0.2) is 4.98 Å². The lowest BCUT2D eigenvalue weighted by Gasteiger charge is -2.27. The zero-order valence-corrected chi connectivity index (χ0v) is 17.9. The predicted octanol–water partition coefficient (Wildman–Crippen LogP) is 1.67. The summed E-state index contributed by atoms with van der Waals surface area (Å²) in [6.45, 7) is 3.19. The standard InChI is InChI=1S/C23H26N4O4/c1-14-10-24-18(25-14)12-26(2)21(28)19-17-7-8-23(31-17)13-27(22(29)20(19)23)11-15-5-4-6-16(9-15)30-3/h4-10,17,19-20H,11-13H2,1-3H3,(H,24,25)/t17-,19-,20+,23-/m0/s1. The number of amides is 2. The highest BCUT2D eigenvalue weighted by atomic mass is 16.5. The van der Waals surface area contributed by atoms with Crippen LogP contribution in [0, 0.1) is 18.8 Å². The van der Waals surface area contributed by atoms with Crippen LogP contribution in [0.4, 0.5) is 0 Å². The third-order valence-electron chi connectivity index (χ3n) is 6.49. The summed E-state index contributed by atoms with van der Waals surface area (Å²) >= 11 is 0. The van der Waals surface area contributed by atoms with Gasteiger partial charge in [-0.05, 0) is 24.6 Å². The fourth-order valence-electron chi connectivity index (χ4n) is 5.09. The number of ether oxygens (including phenoxy) is 2. The lowest BCUT2D eigenvalue weighted by atomic mass is 9.76. The minimum Gasteiger partial charge on any atom is -0.497 e. The summed E-state index contributed by atoms with van der Waals surface area (Å²) in [5, 5.41) is 0. The first-order valence-electron chi connectivity index (χ1n) is 10.4. The fourth-order valence-corrected chi connectivity index (χ4v) is 5.09. The Bertz CT molecular complexity index is 1060. The Labute approximate surface area is 180 Å². The van der Waals surface area contributed by atoms with Crippen LogP contribution in [0.5, 0.6) is 5.75 Å². The molecule has 0 aliphatic carbocycles. The number of carbonyl (C=O) groups excluding carboxylic acids is 2. The molecule has 1 aromatic heterocycles. The second-order valence-corrected chi connectivity index (χ2v) is 8.65. The number of nitrogens with zero attached hydrogens (tertiary/aromatic N) is 3. The van der Waals surface area contributed by atoms with E-state index < -0.39 is 17.4 Å². The SMILES string of the molecule is COc1cccc(CN2C[C@]34C=C[C@H](O3)[C@H](C(=O)N(C)Cc3ncc(C)[nH]3)[C@@H]4C2=O)c1. The van der Waals surface area contributed by atoms with Crippen molar-refractivity contribution >= 4 is 11.8 Å². The van der Waals surface area contributed by atoms with Crippen molar-refractivity contribution in [1.82, 2.24) is 19.8 Å². The Morgan fingerprint density at radius 3 is 3.03 bits per heavy atom. The Hall–Kier alpha value is -3.13.